The molecule has 2 aromatic carbocycles. The third kappa shape index (κ3) is 9.69. The van der Waals surface area contributed by atoms with Crippen molar-refractivity contribution in [3.8, 4) is 0 Å². The number of carbonyl (C=O) groups is 3. The Morgan fingerprint density at radius 2 is 1.64 bits per heavy atom. The van der Waals surface area contributed by atoms with Crippen molar-refractivity contribution in [2.75, 3.05) is 44.7 Å². The first-order valence-corrected chi connectivity index (χ1v) is 12.8. The molecule has 0 aliphatic carbocycles. The van der Waals surface area contributed by atoms with Crippen LogP contribution in [-0.4, -0.2) is 73.7 Å². The number of hydrogen-bond acceptors (Lipinski definition) is 7. The lowest BCUT2D eigenvalue weighted by molar-refractivity contribution is -0.145. The summed E-state index contributed by atoms with van der Waals surface area (Å²) in [6.07, 6.45) is 0. The van der Waals surface area contributed by atoms with Crippen molar-refractivity contribution in [1.82, 2.24) is 20.7 Å². The van der Waals surface area contributed by atoms with Gasteiger partial charge >= 0.3 is 5.97 Å². The average molecular weight is 583 g/mol. The molecule has 1 heterocycles. The van der Waals surface area contributed by atoms with Crippen LogP contribution in [0.3, 0.4) is 0 Å². The molecule has 0 atom stereocenters. The van der Waals surface area contributed by atoms with E-state index in [2.05, 4.69) is 22.8 Å². The molecule has 11 heteroatoms. The summed E-state index contributed by atoms with van der Waals surface area (Å²) >= 11 is 0. The number of esters is 1. The van der Waals surface area contributed by atoms with E-state index in [0.717, 1.165) is 5.56 Å². The first-order chi connectivity index (χ1) is 17.7. The molecule has 0 aromatic heterocycles. The summed E-state index contributed by atoms with van der Waals surface area (Å²) < 4.78 is 5.16. The Kier molecular flexibility index (Phi) is 14.3. The monoisotopic (exact) mass is 581 g/mol. The van der Waals surface area contributed by atoms with Gasteiger partial charge in [0.2, 0.25) is 5.91 Å². The number of hydrazine groups is 1. The van der Waals surface area contributed by atoms with Crippen LogP contribution in [0.1, 0.15) is 47.8 Å². The second-order valence-corrected chi connectivity index (χ2v) is 9.55. The maximum absolute atomic E-state index is 13.4. The number of halogens is 2. The van der Waals surface area contributed by atoms with Crippen LogP contribution in [-0.2, 0) is 27.4 Å². The minimum absolute atomic E-state index is 0. The van der Waals surface area contributed by atoms with Gasteiger partial charge in [-0.25, -0.2) is 9.80 Å². The molecule has 0 saturated heterocycles. The van der Waals surface area contributed by atoms with Crippen LogP contribution in [0.5, 0.6) is 0 Å². The molecule has 0 radical (unpaired) electrons. The Morgan fingerprint density at radius 1 is 1.00 bits per heavy atom. The molecular weight excluding hydrogens is 541 g/mol. The van der Waals surface area contributed by atoms with Crippen LogP contribution >= 0.6 is 24.8 Å². The molecule has 0 bridgehead atoms. The molecule has 2 N–H and O–H groups in total. The fourth-order valence-electron chi connectivity index (χ4n) is 4.26. The quantitative estimate of drug-likeness (QED) is 0.293. The highest BCUT2D eigenvalue weighted by atomic mass is 35.5. The van der Waals surface area contributed by atoms with E-state index in [4.69, 9.17) is 4.74 Å². The number of nitrogens with zero attached hydrogens (tertiary/aromatic N) is 3. The van der Waals surface area contributed by atoms with E-state index in [1.807, 2.05) is 44.0 Å². The van der Waals surface area contributed by atoms with Crippen molar-refractivity contribution in [1.29, 1.82) is 0 Å². The molecule has 0 spiro atoms. The second kappa shape index (κ2) is 16.3. The smallest absolute Gasteiger partial charge is 0.338 e. The molecule has 1 aliphatic rings. The predicted octanol–water partition coefficient (Wildman–Crippen LogP) is 3.33. The van der Waals surface area contributed by atoms with Crippen LogP contribution in [0.25, 0.3) is 0 Å². The van der Waals surface area contributed by atoms with Gasteiger partial charge in [-0.1, -0.05) is 44.2 Å². The molecule has 2 aromatic rings. The minimum Gasteiger partial charge on any atom is -0.462 e. The van der Waals surface area contributed by atoms with Crippen LogP contribution in [0.4, 0.5) is 5.69 Å². The Morgan fingerprint density at radius 3 is 2.23 bits per heavy atom. The fraction of sp³-hybridized carbons (Fsp3) is 0.464. The van der Waals surface area contributed by atoms with Gasteiger partial charge in [0.25, 0.3) is 5.91 Å². The van der Waals surface area contributed by atoms with E-state index in [0.29, 0.717) is 43.5 Å². The number of likely N-dealkylation sites (N-methyl/N-ethyl adjacent to an activating group) is 1. The molecule has 0 fully saturated rings. The van der Waals surface area contributed by atoms with Crippen molar-refractivity contribution in [2.24, 2.45) is 0 Å². The summed E-state index contributed by atoms with van der Waals surface area (Å²) in [6.45, 7) is 10.4. The van der Waals surface area contributed by atoms with Gasteiger partial charge in [-0.15, -0.1) is 24.8 Å². The third-order valence-electron chi connectivity index (χ3n) is 6.33. The summed E-state index contributed by atoms with van der Waals surface area (Å²) in [7, 11) is 1.76. The average Bonchev–Trinajstić information content (AvgIpc) is 3.30. The SMILES string of the molecule is CCOC(=O)c1ccc(C)c(N(CC(=O)NCCNC(C)C)CC(=O)N(C)N2Cc3ccccc3C2)c1.Cl.Cl. The lowest BCUT2D eigenvalue weighted by atomic mass is 10.1. The second-order valence-electron chi connectivity index (χ2n) is 9.55. The number of hydrogen-bond donors (Lipinski definition) is 2. The molecule has 0 saturated carbocycles. The van der Waals surface area contributed by atoms with E-state index >= 15 is 0 Å². The van der Waals surface area contributed by atoms with E-state index in [1.54, 1.807) is 36.0 Å². The Balaban J connectivity index is 0.00000380. The summed E-state index contributed by atoms with van der Waals surface area (Å²) in [4.78, 5) is 40.4. The molecule has 2 amide bonds. The zero-order valence-corrected chi connectivity index (χ0v) is 25.0. The largest absolute Gasteiger partial charge is 0.462 e. The molecule has 9 nitrogen and oxygen atoms in total. The number of amides is 2. The minimum atomic E-state index is -0.439. The van der Waals surface area contributed by atoms with Gasteiger partial charge in [0.15, 0.2) is 0 Å². The maximum Gasteiger partial charge on any atom is 0.338 e. The summed E-state index contributed by atoms with van der Waals surface area (Å²) in [6, 6.07) is 13.7. The molecular formula is C28H41Cl2N5O4. The highest BCUT2D eigenvalue weighted by Crippen LogP contribution is 2.25. The Labute approximate surface area is 244 Å². The van der Waals surface area contributed by atoms with Gasteiger partial charge in [-0.3, -0.25) is 14.6 Å². The number of fused-ring (bicyclic) bond motifs is 1. The van der Waals surface area contributed by atoms with Gasteiger partial charge in [-0.2, -0.15) is 0 Å². The number of rotatable bonds is 12. The van der Waals surface area contributed by atoms with Gasteiger partial charge < -0.3 is 20.3 Å². The molecule has 0 unspecified atom stereocenters. The van der Waals surface area contributed by atoms with Crippen LogP contribution in [0, 0.1) is 6.92 Å². The van der Waals surface area contributed by atoms with Crippen molar-refractivity contribution >= 4 is 48.3 Å². The highest BCUT2D eigenvalue weighted by Gasteiger charge is 2.27. The number of carbonyl (C=O) groups excluding carboxylic acids is 3. The fourth-order valence-corrected chi connectivity index (χ4v) is 4.26. The van der Waals surface area contributed by atoms with E-state index in [-0.39, 0.29) is 56.3 Å². The van der Waals surface area contributed by atoms with E-state index < -0.39 is 5.97 Å². The molecule has 39 heavy (non-hydrogen) atoms. The molecule has 216 valence electrons. The number of anilines is 1. The van der Waals surface area contributed by atoms with Crippen LogP contribution in [0.2, 0.25) is 0 Å². The van der Waals surface area contributed by atoms with Gasteiger partial charge in [-0.05, 0) is 42.7 Å². The number of ether oxygens (including phenoxy) is 1. The van der Waals surface area contributed by atoms with Crippen molar-refractivity contribution in [3.05, 3.63) is 64.7 Å². The van der Waals surface area contributed by atoms with Gasteiger partial charge in [0.05, 0.1) is 25.3 Å². The van der Waals surface area contributed by atoms with E-state index in [1.165, 1.54) is 11.1 Å². The third-order valence-corrected chi connectivity index (χ3v) is 6.33. The van der Waals surface area contributed by atoms with Crippen molar-refractivity contribution in [3.63, 3.8) is 0 Å². The number of nitrogens with one attached hydrogen (secondary N) is 2. The number of benzene rings is 2. The van der Waals surface area contributed by atoms with Gasteiger partial charge in [0.1, 0.15) is 0 Å². The summed E-state index contributed by atoms with van der Waals surface area (Å²) in [5, 5.41) is 9.80. The van der Waals surface area contributed by atoms with Crippen LogP contribution in [0.15, 0.2) is 42.5 Å². The summed E-state index contributed by atoms with van der Waals surface area (Å²) in [5.41, 5.74) is 4.28. The van der Waals surface area contributed by atoms with Crippen molar-refractivity contribution in [2.45, 2.75) is 46.8 Å². The van der Waals surface area contributed by atoms with E-state index in [9.17, 15) is 14.4 Å². The zero-order chi connectivity index (χ0) is 26.9. The van der Waals surface area contributed by atoms with Crippen molar-refractivity contribution < 1.29 is 19.1 Å². The standard InChI is InChI=1S/C28H39N5O4.2ClH/c1-6-37-28(36)22-12-11-21(4)25(15-22)32(18-26(34)30-14-13-29-20(2)3)19-27(35)31(5)33-16-23-9-7-8-10-24(23)17-33;;/h7-12,15,20,29H,6,13-14,16-19H2,1-5H3,(H,30,34);2*1H. The maximum atomic E-state index is 13.4. The normalized spacial score (nSPS) is 12.2. The number of aryl methyl sites for hydroxylation is 1. The molecule has 3 rings (SSSR count). The lowest BCUT2D eigenvalue weighted by Crippen LogP contribution is -2.48. The zero-order valence-electron chi connectivity index (χ0n) is 23.4. The lowest BCUT2D eigenvalue weighted by Gasteiger charge is -2.32. The Bertz CT molecular complexity index is 1090. The first kappa shape index (κ1) is 34.2. The summed E-state index contributed by atoms with van der Waals surface area (Å²) in [5.74, 6) is -0.787. The molecule has 1 aliphatic heterocycles. The topological polar surface area (TPSA) is 94.2 Å². The van der Waals surface area contributed by atoms with Gasteiger partial charge in [0, 0.05) is 45.0 Å². The predicted molar refractivity (Wildman–Crippen MR) is 158 cm³/mol. The Hall–Kier alpha value is -2.85. The highest BCUT2D eigenvalue weighted by molar-refractivity contribution is 5.92. The van der Waals surface area contributed by atoms with Crippen LogP contribution < -0.4 is 15.5 Å². The first-order valence-electron chi connectivity index (χ1n) is 12.8.